The maximum Gasteiger partial charge on any atom is 0.123 e. The third kappa shape index (κ3) is 3.76. The van der Waals surface area contributed by atoms with Gasteiger partial charge in [-0.25, -0.2) is 14.1 Å². The highest BCUT2D eigenvalue weighted by atomic mass is 32.1. The van der Waals surface area contributed by atoms with Gasteiger partial charge in [0.1, 0.15) is 10.8 Å². The summed E-state index contributed by atoms with van der Waals surface area (Å²) >= 11 is 1.88. The van der Waals surface area contributed by atoms with Gasteiger partial charge in [-0.15, -0.1) is 11.3 Å². The molecule has 4 nitrogen and oxygen atoms in total. The monoisotopic (exact) mass is 410 g/mol. The molecule has 29 heavy (non-hydrogen) atoms. The predicted molar refractivity (Wildman–Crippen MR) is 114 cm³/mol. The van der Waals surface area contributed by atoms with Crippen molar-refractivity contribution in [3.8, 4) is 5.69 Å². The van der Waals surface area contributed by atoms with E-state index in [0.29, 0.717) is 0 Å². The number of halogens is 1. The van der Waals surface area contributed by atoms with Gasteiger partial charge in [0.2, 0.25) is 0 Å². The summed E-state index contributed by atoms with van der Waals surface area (Å²) in [5.74, 6) is -0.221. The molecule has 1 atom stereocenters. The molecule has 152 valence electrons. The highest BCUT2D eigenvalue weighted by Gasteiger charge is 2.35. The molecule has 2 heterocycles. The zero-order valence-corrected chi connectivity index (χ0v) is 17.9. The number of nitrogens with one attached hydrogen (secondary N) is 1. The van der Waals surface area contributed by atoms with Crippen molar-refractivity contribution in [3.05, 3.63) is 63.1 Å². The number of hydrogen-bond donors (Lipinski definition) is 1. The topological polar surface area (TPSA) is 42.7 Å². The van der Waals surface area contributed by atoms with Crippen molar-refractivity contribution in [1.82, 2.24) is 20.1 Å². The average Bonchev–Trinajstić information content (AvgIpc) is 3.29. The Kier molecular flexibility index (Phi) is 4.79. The molecule has 3 aromatic rings. The van der Waals surface area contributed by atoms with Gasteiger partial charge in [-0.1, -0.05) is 13.8 Å². The molecule has 0 spiro atoms. The number of hydrogen-bond acceptors (Lipinski definition) is 4. The van der Waals surface area contributed by atoms with Crippen molar-refractivity contribution >= 4 is 11.3 Å². The van der Waals surface area contributed by atoms with Crippen LogP contribution in [0.4, 0.5) is 4.39 Å². The maximum atomic E-state index is 13.4. The molecule has 0 amide bonds. The van der Waals surface area contributed by atoms with E-state index in [4.69, 9.17) is 4.98 Å². The van der Waals surface area contributed by atoms with Crippen LogP contribution in [-0.2, 0) is 25.8 Å². The van der Waals surface area contributed by atoms with Gasteiger partial charge in [-0.05, 0) is 68.2 Å². The second kappa shape index (κ2) is 7.33. The van der Waals surface area contributed by atoms with Crippen LogP contribution in [-0.4, -0.2) is 14.8 Å². The molecular formula is C23H27FN4S. The fourth-order valence-electron chi connectivity index (χ4n) is 4.72. The largest absolute Gasteiger partial charge is 0.303 e. The molecule has 2 aliphatic carbocycles. The summed E-state index contributed by atoms with van der Waals surface area (Å²) in [6.07, 6.45) is 8.91. The summed E-state index contributed by atoms with van der Waals surface area (Å²) < 4.78 is 15.3. The Labute approximate surface area is 175 Å². The van der Waals surface area contributed by atoms with Gasteiger partial charge in [0.25, 0.3) is 0 Å². The van der Waals surface area contributed by atoms with Gasteiger partial charge in [-0.2, -0.15) is 5.10 Å². The van der Waals surface area contributed by atoms with Crippen LogP contribution >= 0.6 is 11.3 Å². The van der Waals surface area contributed by atoms with Gasteiger partial charge >= 0.3 is 0 Å². The summed E-state index contributed by atoms with van der Waals surface area (Å²) in [5, 5.41) is 9.63. The minimum Gasteiger partial charge on any atom is -0.303 e. The second-order valence-electron chi connectivity index (χ2n) is 9.10. The van der Waals surface area contributed by atoms with Gasteiger partial charge in [-0.3, -0.25) is 0 Å². The van der Waals surface area contributed by atoms with Crippen LogP contribution in [0.3, 0.4) is 0 Å². The molecule has 5 rings (SSSR count). The van der Waals surface area contributed by atoms with Crippen LogP contribution < -0.4 is 5.32 Å². The maximum absolute atomic E-state index is 13.4. The van der Waals surface area contributed by atoms with E-state index >= 15 is 0 Å². The lowest BCUT2D eigenvalue weighted by atomic mass is 9.74. The lowest BCUT2D eigenvalue weighted by Gasteiger charge is -2.36. The van der Waals surface area contributed by atoms with Crippen molar-refractivity contribution in [2.45, 2.75) is 65.0 Å². The molecule has 0 fully saturated rings. The van der Waals surface area contributed by atoms with E-state index in [1.54, 1.807) is 12.1 Å². The van der Waals surface area contributed by atoms with E-state index in [-0.39, 0.29) is 17.3 Å². The lowest BCUT2D eigenvalue weighted by molar-refractivity contribution is 0.252. The fourth-order valence-corrected chi connectivity index (χ4v) is 5.83. The summed E-state index contributed by atoms with van der Waals surface area (Å²) in [6.45, 7) is 5.43. The molecule has 2 aliphatic rings. The van der Waals surface area contributed by atoms with Crippen LogP contribution in [0.5, 0.6) is 0 Å². The number of thiazole rings is 1. The minimum absolute atomic E-state index is 0.171. The lowest BCUT2D eigenvalue weighted by Crippen LogP contribution is -2.33. The average molecular weight is 411 g/mol. The van der Waals surface area contributed by atoms with Crippen LogP contribution in [0.15, 0.2) is 30.5 Å². The van der Waals surface area contributed by atoms with Gasteiger partial charge in [0, 0.05) is 28.7 Å². The van der Waals surface area contributed by atoms with Crippen LogP contribution in [0.2, 0.25) is 0 Å². The first-order chi connectivity index (χ1) is 14.0. The van der Waals surface area contributed by atoms with E-state index in [1.165, 1.54) is 58.2 Å². The molecule has 2 aromatic heterocycles. The summed E-state index contributed by atoms with van der Waals surface area (Å²) in [4.78, 5) is 6.38. The second-order valence-corrected chi connectivity index (χ2v) is 10.3. The Morgan fingerprint density at radius 2 is 2.00 bits per heavy atom. The SMILES string of the molecule is CC1(C)Cc2c(cnn2-c2ccc(F)cc2)C(NCc2nc3c(s2)CCCC3)C1. The molecule has 1 unspecified atom stereocenters. The first kappa shape index (κ1) is 18.9. The van der Waals surface area contributed by atoms with E-state index in [1.807, 2.05) is 22.2 Å². The van der Waals surface area contributed by atoms with Crippen molar-refractivity contribution < 1.29 is 4.39 Å². The molecule has 0 saturated heterocycles. The summed E-state index contributed by atoms with van der Waals surface area (Å²) in [5.41, 5.74) is 4.90. The molecule has 1 N–H and O–H groups in total. The molecular weight excluding hydrogens is 383 g/mol. The number of rotatable bonds is 4. The zero-order chi connectivity index (χ0) is 20.0. The number of nitrogens with zero attached hydrogens (tertiary/aromatic N) is 3. The van der Waals surface area contributed by atoms with E-state index in [0.717, 1.165) is 31.5 Å². The molecule has 1 aromatic carbocycles. The Morgan fingerprint density at radius 3 is 2.79 bits per heavy atom. The number of fused-ring (bicyclic) bond motifs is 2. The third-order valence-electron chi connectivity index (χ3n) is 6.14. The van der Waals surface area contributed by atoms with E-state index in [2.05, 4.69) is 24.3 Å². The van der Waals surface area contributed by atoms with Gasteiger partial charge in [0.15, 0.2) is 0 Å². The smallest absolute Gasteiger partial charge is 0.123 e. The van der Waals surface area contributed by atoms with Crippen LogP contribution in [0.25, 0.3) is 5.69 Å². The van der Waals surface area contributed by atoms with E-state index in [9.17, 15) is 4.39 Å². The molecule has 0 radical (unpaired) electrons. The Morgan fingerprint density at radius 1 is 1.21 bits per heavy atom. The molecule has 0 saturated carbocycles. The fraction of sp³-hybridized carbons (Fsp3) is 0.478. The first-order valence-corrected chi connectivity index (χ1v) is 11.3. The van der Waals surface area contributed by atoms with E-state index < -0.39 is 0 Å². The van der Waals surface area contributed by atoms with Crippen LogP contribution in [0, 0.1) is 11.2 Å². The Hall–Kier alpha value is -2.05. The van der Waals surface area contributed by atoms with Crippen molar-refractivity contribution in [3.63, 3.8) is 0 Å². The summed E-state index contributed by atoms with van der Waals surface area (Å²) in [6, 6.07) is 6.85. The zero-order valence-electron chi connectivity index (χ0n) is 17.0. The number of benzene rings is 1. The minimum atomic E-state index is -0.221. The van der Waals surface area contributed by atoms with Gasteiger partial charge < -0.3 is 5.32 Å². The van der Waals surface area contributed by atoms with Crippen molar-refractivity contribution in [1.29, 1.82) is 0 Å². The van der Waals surface area contributed by atoms with Crippen LogP contribution in [0.1, 0.15) is 66.0 Å². The quantitative estimate of drug-likeness (QED) is 0.647. The Balaban J connectivity index is 1.40. The number of aromatic nitrogens is 3. The third-order valence-corrected chi connectivity index (χ3v) is 7.30. The van der Waals surface area contributed by atoms with Crippen molar-refractivity contribution in [2.24, 2.45) is 5.41 Å². The molecule has 0 aliphatic heterocycles. The highest BCUT2D eigenvalue weighted by Crippen LogP contribution is 2.41. The highest BCUT2D eigenvalue weighted by molar-refractivity contribution is 7.11. The standard InChI is InChI=1S/C23H27FN4S/c1-23(2)11-19(25-14-22-27-18-5-3-4-6-21(18)29-22)17-13-26-28(20(17)12-23)16-9-7-15(24)8-10-16/h7-10,13,19,25H,3-6,11-12,14H2,1-2H3. The summed E-state index contributed by atoms with van der Waals surface area (Å²) in [7, 11) is 0. The van der Waals surface area contributed by atoms with Gasteiger partial charge in [0.05, 0.1) is 17.6 Å². The van der Waals surface area contributed by atoms with Crippen molar-refractivity contribution in [2.75, 3.05) is 0 Å². The molecule has 6 heteroatoms. The normalized spacial score (nSPS) is 20.3. The Bertz CT molecular complexity index is 995. The first-order valence-electron chi connectivity index (χ1n) is 10.5. The predicted octanol–water partition coefficient (Wildman–Crippen LogP) is 5.15. The molecule has 0 bridgehead atoms. The number of aryl methyl sites for hydroxylation is 2.